The maximum atomic E-state index is 13.9. The lowest BCUT2D eigenvalue weighted by molar-refractivity contribution is 0.345. The first-order chi connectivity index (χ1) is 13.6. The second kappa shape index (κ2) is 6.77. The van der Waals surface area contributed by atoms with Gasteiger partial charge in [0.2, 0.25) is 0 Å². The first-order valence-electron chi connectivity index (χ1n) is 10.2. The maximum Gasteiger partial charge on any atom is 0.140 e. The van der Waals surface area contributed by atoms with Crippen molar-refractivity contribution in [3.05, 3.63) is 70.7 Å². The number of rotatable bonds is 4. The van der Waals surface area contributed by atoms with Crippen molar-refractivity contribution < 1.29 is 14.0 Å². The molecule has 2 aliphatic carbocycles. The molecule has 1 fully saturated rings. The van der Waals surface area contributed by atoms with Crippen LogP contribution in [0, 0.1) is 5.82 Å². The van der Waals surface area contributed by atoms with Gasteiger partial charge in [0.15, 0.2) is 0 Å². The highest BCUT2D eigenvalue weighted by atomic mass is 19.1. The highest BCUT2D eigenvalue weighted by molar-refractivity contribution is 5.70. The number of halogens is 1. The zero-order chi connectivity index (χ0) is 19.1. The Kier molecular flexibility index (Phi) is 4.22. The molecular formula is C24H24FNO2. The third-order valence-electron chi connectivity index (χ3n) is 6.69. The Morgan fingerprint density at radius 3 is 2.75 bits per heavy atom. The van der Waals surface area contributed by atoms with Crippen molar-refractivity contribution in [2.75, 3.05) is 0 Å². The van der Waals surface area contributed by atoms with Gasteiger partial charge in [0.25, 0.3) is 0 Å². The molecule has 144 valence electrons. The molecule has 0 unspecified atom stereocenters. The molecule has 0 amide bonds. The SMILES string of the molecule is Oc1ccc2c(c1)CCc1c-2noc1CCC1(c2cccc(F)c2)CCCC1. The molecular weight excluding hydrogens is 353 g/mol. The molecule has 3 aromatic rings. The molecule has 4 heteroatoms. The number of aryl methyl sites for hydroxylation is 2. The Morgan fingerprint density at radius 1 is 1.07 bits per heavy atom. The van der Waals surface area contributed by atoms with E-state index in [2.05, 4.69) is 11.2 Å². The largest absolute Gasteiger partial charge is 0.508 e. The molecule has 0 bridgehead atoms. The van der Waals surface area contributed by atoms with Crippen LogP contribution in [0.1, 0.15) is 54.6 Å². The van der Waals surface area contributed by atoms with Crippen molar-refractivity contribution in [3.63, 3.8) is 0 Å². The predicted molar refractivity (Wildman–Crippen MR) is 106 cm³/mol. The molecule has 0 atom stereocenters. The minimum absolute atomic E-state index is 0.0418. The topological polar surface area (TPSA) is 46.3 Å². The molecule has 0 saturated heterocycles. The van der Waals surface area contributed by atoms with Gasteiger partial charge in [0.1, 0.15) is 23.0 Å². The zero-order valence-corrected chi connectivity index (χ0v) is 15.9. The summed E-state index contributed by atoms with van der Waals surface area (Å²) in [4.78, 5) is 0. The summed E-state index contributed by atoms with van der Waals surface area (Å²) in [6.45, 7) is 0. The van der Waals surface area contributed by atoms with Crippen LogP contribution >= 0.6 is 0 Å². The van der Waals surface area contributed by atoms with Gasteiger partial charge in [-0.25, -0.2) is 4.39 Å². The Balaban J connectivity index is 1.42. The van der Waals surface area contributed by atoms with Crippen molar-refractivity contribution in [1.82, 2.24) is 5.16 Å². The van der Waals surface area contributed by atoms with Crippen molar-refractivity contribution >= 4 is 0 Å². The summed E-state index contributed by atoms with van der Waals surface area (Å²) in [7, 11) is 0. The maximum absolute atomic E-state index is 13.9. The van der Waals surface area contributed by atoms with Gasteiger partial charge in [-0.3, -0.25) is 0 Å². The van der Waals surface area contributed by atoms with Crippen molar-refractivity contribution in [1.29, 1.82) is 0 Å². The number of hydrogen-bond donors (Lipinski definition) is 1. The molecule has 0 spiro atoms. The van der Waals surface area contributed by atoms with Crippen LogP contribution < -0.4 is 0 Å². The smallest absolute Gasteiger partial charge is 0.140 e. The lowest BCUT2D eigenvalue weighted by atomic mass is 9.74. The van der Waals surface area contributed by atoms with Gasteiger partial charge < -0.3 is 9.63 Å². The predicted octanol–water partition coefficient (Wildman–Crippen LogP) is 5.73. The van der Waals surface area contributed by atoms with E-state index in [4.69, 9.17) is 4.52 Å². The summed E-state index contributed by atoms with van der Waals surface area (Å²) in [5.41, 5.74) is 5.47. The zero-order valence-electron chi connectivity index (χ0n) is 15.9. The van der Waals surface area contributed by atoms with E-state index in [9.17, 15) is 9.50 Å². The van der Waals surface area contributed by atoms with Crippen LogP contribution in [0.25, 0.3) is 11.3 Å². The van der Waals surface area contributed by atoms with E-state index in [-0.39, 0.29) is 11.2 Å². The van der Waals surface area contributed by atoms with E-state index in [1.54, 1.807) is 12.1 Å². The average Bonchev–Trinajstić information content (AvgIpc) is 3.34. The van der Waals surface area contributed by atoms with Crippen LogP contribution in [0.5, 0.6) is 5.75 Å². The van der Waals surface area contributed by atoms with E-state index >= 15 is 0 Å². The van der Waals surface area contributed by atoms with Gasteiger partial charge in [-0.15, -0.1) is 0 Å². The number of fused-ring (bicyclic) bond motifs is 3. The lowest BCUT2D eigenvalue weighted by Gasteiger charge is -2.29. The first-order valence-corrected chi connectivity index (χ1v) is 10.2. The van der Waals surface area contributed by atoms with E-state index in [0.717, 1.165) is 66.7 Å². The number of hydrogen-bond acceptors (Lipinski definition) is 3. The molecule has 2 aliphatic rings. The monoisotopic (exact) mass is 377 g/mol. The Hall–Kier alpha value is -2.62. The molecule has 28 heavy (non-hydrogen) atoms. The molecule has 1 saturated carbocycles. The molecule has 0 aliphatic heterocycles. The second-order valence-corrected chi connectivity index (χ2v) is 8.27. The highest BCUT2D eigenvalue weighted by Gasteiger charge is 2.36. The van der Waals surface area contributed by atoms with Crippen LogP contribution in [0.15, 0.2) is 47.0 Å². The van der Waals surface area contributed by atoms with Gasteiger partial charge in [-0.2, -0.15) is 0 Å². The van der Waals surface area contributed by atoms with Gasteiger partial charge in [-0.1, -0.05) is 30.1 Å². The summed E-state index contributed by atoms with van der Waals surface area (Å²) in [6, 6.07) is 12.6. The number of phenols is 1. The fourth-order valence-electron chi connectivity index (χ4n) is 5.19. The Labute approximate surface area is 164 Å². The fourth-order valence-corrected chi connectivity index (χ4v) is 5.19. The standard InChI is InChI=1S/C24H24FNO2/c25-18-5-3-4-17(15-18)24(11-1-2-12-24)13-10-22-21-8-6-16-14-19(27)7-9-20(16)23(21)26-28-22/h3-5,7,9,14-15,27H,1-2,6,8,10-13H2. The summed E-state index contributed by atoms with van der Waals surface area (Å²) in [5.74, 6) is 1.11. The molecule has 1 heterocycles. The van der Waals surface area contributed by atoms with Gasteiger partial charge in [0.05, 0.1) is 0 Å². The minimum atomic E-state index is -0.152. The minimum Gasteiger partial charge on any atom is -0.508 e. The summed E-state index contributed by atoms with van der Waals surface area (Å²) < 4.78 is 19.6. The molecule has 1 N–H and O–H groups in total. The number of aromatic nitrogens is 1. The van der Waals surface area contributed by atoms with Gasteiger partial charge in [0, 0.05) is 17.5 Å². The van der Waals surface area contributed by atoms with E-state index in [0.29, 0.717) is 5.75 Å². The van der Waals surface area contributed by atoms with Crippen molar-refractivity contribution in [2.24, 2.45) is 0 Å². The molecule has 5 rings (SSSR count). The van der Waals surface area contributed by atoms with Crippen LogP contribution in [-0.4, -0.2) is 10.3 Å². The van der Waals surface area contributed by atoms with Gasteiger partial charge in [-0.05, 0) is 79.0 Å². The van der Waals surface area contributed by atoms with Crippen molar-refractivity contribution in [3.8, 4) is 17.0 Å². The van der Waals surface area contributed by atoms with Crippen LogP contribution in [0.2, 0.25) is 0 Å². The fraction of sp³-hybridized carbons (Fsp3) is 0.375. The number of benzene rings is 2. The quantitative estimate of drug-likeness (QED) is 0.632. The van der Waals surface area contributed by atoms with Crippen LogP contribution in [0.4, 0.5) is 4.39 Å². The van der Waals surface area contributed by atoms with E-state index < -0.39 is 0 Å². The van der Waals surface area contributed by atoms with E-state index in [1.165, 1.54) is 24.5 Å². The van der Waals surface area contributed by atoms with E-state index in [1.807, 2.05) is 18.2 Å². The third kappa shape index (κ3) is 2.92. The Morgan fingerprint density at radius 2 is 1.93 bits per heavy atom. The molecule has 0 radical (unpaired) electrons. The number of aromatic hydroxyl groups is 1. The summed E-state index contributed by atoms with van der Waals surface area (Å²) >= 11 is 0. The summed E-state index contributed by atoms with van der Waals surface area (Å²) in [5, 5.41) is 14.1. The number of nitrogens with zero attached hydrogens (tertiary/aromatic N) is 1. The van der Waals surface area contributed by atoms with Crippen LogP contribution in [0.3, 0.4) is 0 Å². The van der Waals surface area contributed by atoms with Crippen molar-refractivity contribution in [2.45, 2.75) is 56.8 Å². The Bertz CT molecular complexity index is 1020. The first kappa shape index (κ1) is 17.5. The molecule has 3 nitrogen and oxygen atoms in total. The molecule has 1 aromatic heterocycles. The third-order valence-corrected chi connectivity index (χ3v) is 6.69. The summed E-state index contributed by atoms with van der Waals surface area (Å²) in [6.07, 6.45) is 8.16. The average molecular weight is 377 g/mol. The normalized spacial score (nSPS) is 17.3. The molecule has 2 aromatic carbocycles. The number of phenolic OH excluding ortho intramolecular Hbond substituents is 1. The highest BCUT2D eigenvalue weighted by Crippen LogP contribution is 2.45. The van der Waals surface area contributed by atoms with Crippen LogP contribution in [-0.2, 0) is 24.7 Å². The van der Waals surface area contributed by atoms with Gasteiger partial charge >= 0.3 is 0 Å². The lowest BCUT2D eigenvalue weighted by Crippen LogP contribution is -2.23. The second-order valence-electron chi connectivity index (χ2n) is 8.27.